The first-order chi connectivity index (χ1) is 6.36. The van der Waals surface area contributed by atoms with Gasteiger partial charge in [-0.3, -0.25) is 4.98 Å². The molecule has 72 valence electrons. The van der Waals surface area contributed by atoms with E-state index in [1.807, 2.05) is 18.2 Å². The second-order valence-corrected chi connectivity index (χ2v) is 2.72. The third-order valence-electron chi connectivity index (χ3n) is 1.80. The van der Waals surface area contributed by atoms with Gasteiger partial charge in [-0.1, -0.05) is 6.07 Å². The van der Waals surface area contributed by atoms with Gasteiger partial charge in [-0.15, -0.1) is 12.4 Å². The monoisotopic (exact) mass is 209 g/mol. The van der Waals surface area contributed by atoms with Gasteiger partial charge in [-0.05, 0) is 36.4 Å². The molecule has 1 heterocycles. The average molecular weight is 210 g/mol. The van der Waals surface area contributed by atoms with E-state index in [9.17, 15) is 4.39 Å². The van der Waals surface area contributed by atoms with Crippen LogP contribution in [0.2, 0.25) is 0 Å². The van der Waals surface area contributed by atoms with Crippen molar-refractivity contribution >= 4 is 12.4 Å². The number of hydrogen-bond donors (Lipinski definition) is 0. The Morgan fingerprint density at radius 1 is 0.929 bits per heavy atom. The normalized spacial score (nSPS) is 9.21. The van der Waals surface area contributed by atoms with Crippen molar-refractivity contribution in [3.8, 4) is 11.3 Å². The molecule has 14 heavy (non-hydrogen) atoms. The van der Waals surface area contributed by atoms with E-state index >= 15 is 0 Å². The van der Waals surface area contributed by atoms with Crippen molar-refractivity contribution < 1.29 is 4.39 Å². The number of aromatic nitrogens is 1. The van der Waals surface area contributed by atoms with Gasteiger partial charge in [0.25, 0.3) is 0 Å². The van der Waals surface area contributed by atoms with Crippen LogP contribution in [0.1, 0.15) is 0 Å². The van der Waals surface area contributed by atoms with Gasteiger partial charge in [0, 0.05) is 11.8 Å². The van der Waals surface area contributed by atoms with Crippen LogP contribution in [0.3, 0.4) is 0 Å². The van der Waals surface area contributed by atoms with Crippen LogP contribution in [0.4, 0.5) is 4.39 Å². The lowest BCUT2D eigenvalue weighted by atomic mass is 10.1. The van der Waals surface area contributed by atoms with Crippen molar-refractivity contribution in [2.45, 2.75) is 0 Å². The van der Waals surface area contributed by atoms with Crippen LogP contribution >= 0.6 is 12.4 Å². The van der Waals surface area contributed by atoms with Gasteiger partial charge in [0.05, 0.1) is 5.69 Å². The second-order valence-electron chi connectivity index (χ2n) is 2.72. The molecule has 0 N–H and O–H groups in total. The summed E-state index contributed by atoms with van der Waals surface area (Å²) in [4.78, 5) is 4.16. The largest absolute Gasteiger partial charge is 0.256 e. The maximum atomic E-state index is 12.6. The van der Waals surface area contributed by atoms with Crippen molar-refractivity contribution in [2.75, 3.05) is 0 Å². The van der Waals surface area contributed by atoms with Crippen LogP contribution in [-0.2, 0) is 0 Å². The summed E-state index contributed by atoms with van der Waals surface area (Å²) in [6, 6.07) is 12.0. The predicted octanol–water partition coefficient (Wildman–Crippen LogP) is 3.31. The second kappa shape index (κ2) is 4.72. The zero-order valence-electron chi connectivity index (χ0n) is 7.35. The molecule has 0 saturated heterocycles. The van der Waals surface area contributed by atoms with Crippen LogP contribution in [0.5, 0.6) is 0 Å². The minimum Gasteiger partial charge on any atom is -0.256 e. The van der Waals surface area contributed by atoms with E-state index in [1.54, 1.807) is 18.3 Å². The summed E-state index contributed by atoms with van der Waals surface area (Å²) >= 11 is 0. The van der Waals surface area contributed by atoms with E-state index < -0.39 is 0 Å². The highest BCUT2D eigenvalue weighted by Crippen LogP contribution is 2.15. The minimum atomic E-state index is -0.223. The molecule has 0 aliphatic rings. The van der Waals surface area contributed by atoms with Crippen LogP contribution in [0, 0.1) is 5.82 Å². The third-order valence-corrected chi connectivity index (χ3v) is 1.80. The summed E-state index contributed by atoms with van der Waals surface area (Å²) in [5, 5.41) is 0. The van der Waals surface area contributed by atoms with Crippen LogP contribution in [0.25, 0.3) is 11.3 Å². The lowest BCUT2D eigenvalue weighted by Crippen LogP contribution is -1.81. The highest BCUT2D eigenvalue weighted by molar-refractivity contribution is 5.85. The van der Waals surface area contributed by atoms with E-state index in [4.69, 9.17) is 0 Å². The Kier molecular flexibility index (Phi) is 3.60. The number of pyridine rings is 1. The van der Waals surface area contributed by atoms with Crippen molar-refractivity contribution in [3.05, 3.63) is 54.5 Å². The number of benzene rings is 1. The van der Waals surface area contributed by atoms with Gasteiger partial charge in [0.15, 0.2) is 0 Å². The molecule has 0 unspecified atom stereocenters. The van der Waals surface area contributed by atoms with Crippen LogP contribution in [0.15, 0.2) is 48.7 Å². The molecule has 0 fully saturated rings. The summed E-state index contributed by atoms with van der Waals surface area (Å²) < 4.78 is 12.6. The summed E-state index contributed by atoms with van der Waals surface area (Å²) in [7, 11) is 0. The maximum Gasteiger partial charge on any atom is 0.123 e. The Balaban J connectivity index is 0.000000980. The zero-order chi connectivity index (χ0) is 9.10. The molecule has 0 atom stereocenters. The molecule has 2 rings (SSSR count). The highest BCUT2D eigenvalue weighted by Gasteiger charge is 1.96. The zero-order valence-corrected chi connectivity index (χ0v) is 8.17. The SMILES string of the molecule is Cl.Fc1ccc(-c2ccccn2)cc1. The molecule has 0 aliphatic heterocycles. The highest BCUT2D eigenvalue weighted by atomic mass is 35.5. The molecule has 0 bridgehead atoms. The van der Waals surface area contributed by atoms with E-state index in [0.29, 0.717) is 0 Å². The molecular formula is C11H9ClFN. The topological polar surface area (TPSA) is 12.9 Å². The molecule has 0 saturated carbocycles. The fraction of sp³-hybridized carbons (Fsp3) is 0. The lowest BCUT2D eigenvalue weighted by Gasteiger charge is -1.98. The molecule has 0 aliphatic carbocycles. The number of rotatable bonds is 1. The quantitative estimate of drug-likeness (QED) is 0.702. The van der Waals surface area contributed by atoms with E-state index in [1.165, 1.54) is 12.1 Å². The molecule has 1 aromatic heterocycles. The first kappa shape index (κ1) is 10.7. The number of halogens is 2. The summed E-state index contributed by atoms with van der Waals surface area (Å²) in [6.07, 6.45) is 1.72. The van der Waals surface area contributed by atoms with Gasteiger partial charge >= 0.3 is 0 Å². The Hall–Kier alpha value is -1.41. The number of nitrogens with zero attached hydrogens (tertiary/aromatic N) is 1. The van der Waals surface area contributed by atoms with Crippen molar-refractivity contribution in [1.82, 2.24) is 4.98 Å². The maximum absolute atomic E-state index is 12.6. The molecule has 0 amide bonds. The lowest BCUT2D eigenvalue weighted by molar-refractivity contribution is 0.628. The van der Waals surface area contributed by atoms with Crippen LogP contribution < -0.4 is 0 Å². The molecule has 1 nitrogen and oxygen atoms in total. The van der Waals surface area contributed by atoms with Crippen molar-refractivity contribution in [3.63, 3.8) is 0 Å². The van der Waals surface area contributed by atoms with Gasteiger partial charge in [0.2, 0.25) is 0 Å². The summed E-state index contributed by atoms with van der Waals surface area (Å²) in [5.41, 5.74) is 1.80. The molecule has 2 aromatic rings. The van der Waals surface area contributed by atoms with Gasteiger partial charge in [0.1, 0.15) is 5.82 Å². The van der Waals surface area contributed by atoms with Crippen molar-refractivity contribution in [1.29, 1.82) is 0 Å². The Morgan fingerprint density at radius 2 is 1.64 bits per heavy atom. The minimum absolute atomic E-state index is 0. The van der Waals surface area contributed by atoms with Crippen LogP contribution in [-0.4, -0.2) is 4.98 Å². The smallest absolute Gasteiger partial charge is 0.123 e. The molecule has 3 heteroatoms. The first-order valence-corrected chi connectivity index (χ1v) is 4.03. The van der Waals surface area contributed by atoms with Gasteiger partial charge in [-0.2, -0.15) is 0 Å². The average Bonchev–Trinajstić information content (AvgIpc) is 2.20. The third kappa shape index (κ3) is 2.30. The fourth-order valence-electron chi connectivity index (χ4n) is 1.15. The van der Waals surface area contributed by atoms with E-state index in [-0.39, 0.29) is 18.2 Å². The molecule has 1 aromatic carbocycles. The van der Waals surface area contributed by atoms with Gasteiger partial charge < -0.3 is 0 Å². The van der Waals surface area contributed by atoms with Crippen molar-refractivity contribution in [2.24, 2.45) is 0 Å². The molecule has 0 spiro atoms. The predicted molar refractivity (Wildman–Crippen MR) is 56.9 cm³/mol. The summed E-state index contributed by atoms with van der Waals surface area (Å²) in [5.74, 6) is -0.223. The summed E-state index contributed by atoms with van der Waals surface area (Å²) in [6.45, 7) is 0. The fourth-order valence-corrected chi connectivity index (χ4v) is 1.15. The van der Waals surface area contributed by atoms with E-state index in [0.717, 1.165) is 11.3 Å². The number of hydrogen-bond acceptors (Lipinski definition) is 1. The Morgan fingerprint density at radius 3 is 2.21 bits per heavy atom. The molecule has 0 radical (unpaired) electrons. The standard InChI is InChI=1S/C11H8FN.ClH/c12-10-6-4-9(5-7-10)11-3-1-2-8-13-11;/h1-8H;1H. The van der Waals surface area contributed by atoms with Gasteiger partial charge in [-0.25, -0.2) is 4.39 Å². The van der Waals surface area contributed by atoms with E-state index in [2.05, 4.69) is 4.98 Å². The Bertz CT molecular complexity index is 386. The Labute approximate surface area is 88.0 Å². The molecular weight excluding hydrogens is 201 g/mol. The first-order valence-electron chi connectivity index (χ1n) is 4.03.